The minimum absolute atomic E-state index is 0.0365. The number of methoxy groups -OCH3 is 1. The molecule has 6 nitrogen and oxygen atoms in total. The first kappa shape index (κ1) is 20.2. The lowest BCUT2D eigenvalue weighted by atomic mass is 9.49. The SMILES string of the molecule is COC(=O)C(CC(C)C)NC(=O)CNC(=O)CC12CC3CC(CC(C3)C1)C2. The van der Waals surface area contributed by atoms with E-state index in [1.54, 1.807) is 0 Å². The van der Waals surface area contributed by atoms with Crippen LogP contribution >= 0.6 is 0 Å². The largest absolute Gasteiger partial charge is 0.467 e. The molecule has 4 aliphatic rings. The fourth-order valence-electron chi connectivity index (χ4n) is 6.16. The lowest BCUT2D eigenvalue weighted by Crippen LogP contribution is -2.49. The summed E-state index contributed by atoms with van der Waals surface area (Å²) >= 11 is 0. The highest BCUT2D eigenvalue weighted by molar-refractivity contribution is 5.88. The molecule has 6 heteroatoms. The Bertz CT molecular complexity index is 551. The molecule has 4 bridgehead atoms. The summed E-state index contributed by atoms with van der Waals surface area (Å²) in [5, 5.41) is 5.46. The van der Waals surface area contributed by atoms with Gasteiger partial charge in [0.1, 0.15) is 6.04 Å². The van der Waals surface area contributed by atoms with E-state index in [1.165, 1.54) is 45.6 Å². The third-order valence-electron chi connectivity index (χ3n) is 6.67. The molecule has 0 aromatic carbocycles. The molecular weight excluding hydrogens is 344 g/mol. The first-order valence-electron chi connectivity index (χ1n) is 10.4. The van der Waals surface area contributed by atoms with Crippen molar-refractivity contribution in [2.75, 3.05) is 13.7 Å². The zero-order valence-electron chi connectivity index (χ0n) is 16.9. The summed E-state index contributed by atoms with van der Waals surface area (Å²) in [5.41, 5.74) is 0.168. The van der Waals surface area contributed by atoms with E-state index in [1.807, 2.05) is 13.8 Å². The van der Waals surface area contributed by atoms with E-state index in [0.29, 0.717) is 12.8 Å². The van der Waals surface area contributed by atoms with E-state index in [4.69, 9.17) is 4.74 Å². The molecule has 4 aliphatic carbocycles. The van der Waals surface area contributed by atoms with Gasteiger partial charge in [-0.15, -0.1) is 0 Å². The topological polar surface area (TPSA) is 84.5 Å². The summed E-state index contributed by atoms with van der Waals surface area (Å²) in [6, 6.07) is -0.664. The molecule has 27 heavy (non-hydrogen) atoms. The molecular formula is C21H34N2O4. The van der Waals surface area contributed by atoms with Crippen LogP contribution in [0, 0.1) is 29.1 Å². The normalized spacial score (nSPS) is 32.2. The summed E-state index contributed by atoms with van der Waals surface area (Å²) in [4.78, 5) is 36.5. The number of nitrogens with one attached hydrogen (secondary N) is 2. The van der Waals surface area contributed by atoms with Crippen LogP contribution in [-0.2, 0) is 19.1 Å². The van der Waals surface area contributed by atoms with E-state index in [2.05, 4.69) is 10.6 Å². The quantitative estimate of drug-likeness (QED) is 0.635. The van der Waals surface area contributed by atoms with Crippen LogP contribution in [0.1, 0.15) is 65.2 Å². The van der Waals surface area contributed by atoms with Crippen LogP contribution in [0.25, 0.3) is 0 Å². The maximum absolute atomic E-state index is 12.5. The second kappa shape index (κ2) is 8.19. The number of rotatable bonds is 8. The lowest BCUT2D eigenvalue weighted by molar-refractivity contribution is -0.145. The number of amides is 2. The molecule has 2 amide bonds. The van der Waals surface area contributed by atoms with Crippen molar-refractivity contribution in [1.29, 1.82) is 0 Å². The second-order valence-corrected chi connectivity index (χ2v) is 9.64. The van der Waals surface area contributed by atoms with E-state index >= 15 is 0 Å². The van der Waals surface area contributed by atoms with Gasteiger partial charge in [-0.05, 0) is 74.0 Å². The fraction of sp³-hybridized carbons (Fsp3) is 0.857. The average molecular weight is 379 g/mol. The lowest BCUT2D eigenvalue weighted by Gasteiger charge is -2.56. The van der Waals surface area contributed by atoms with E-state index in [9.17, 15) is 14.4 Å². The van der Waals surface area contributed by atoms with E-state index in [-0.39, 0.29) is 29.7 Å². The Kier molecular flexibility index (Phi) is 6.11. The van der Waals surface area contributed by atoms with Gasteiger partial charge in [-0.25, -0.2) is 4.79 Å². The molecule has 152 valence electrons. The van der Waals surface area contributed by atoms with Gasteiger partial charge in [0.25, 0.3) is 0 Å². The standard InChI is InChI=1S/C21H34N2O4/c1-13(2)4-17(20(26)27-3)23-19(25)12-22-18(24)11-21-8-14-5-15(9-21)7-16(6-14)10-21/h13-17H,4-12H2,1-3H3,(H,22,24)(H,23,25). The Morgan fingerprint density at radius 3 is 2.04 bits per heavy atom. The number of hydrogen-bond acceptors (Lipinski definition) is 4. The van der Waals surface area contributed by atoms with Gasteiger partial charge in [0, 0.05) is 6.42 Å². The van der Waals surface area contributed by atoms with Gasteiger partial charge in [-0.1, -0.05) is 13.8 Å². The number of hydrogen-bond donors (Lipinski definition) is 2. The molecule has 4 saturated carbocycles. The van der Waals surface area contributed by atoms with Gasteiger partial charge < -0.3 is 15.4 Å². The molecule has 0 heterocycles. The van der Waals surface area contributed by atoms with Crippen LogP contribution in [0.5, 0.6) is 0 Å². The van der Waals surface area contributed by atoms with Crippen LogP contribution in [-0.4, -0.2) is 37.5 Å². The molecule has 1 atom stereocenters. The van der Waals surface area contributed by atoms with Crippen molar-refractivity contribution < 1.29 is 19.1 Å². The van der Waals surface area contributed by atoms with E-state index in [0.717, 1.165) is 17.8 Å². The minimum Gasteiger partial charge on any atom is -0.467 e. The summed E-state index contributed by atoms with van der Waals surface area (Å²) in [6.07, 6.45) is 8.65. The minimum atomic E-state index is -0.664. The number of carbonyl (C=O) groups excluding carboxylic acids is 3. The van der Waals surface area contributed by atoms with Gasteiger partial charge in [-0.2, -0.15) is 0 Å². The third kappa shape index (κ3) is 5.02. The smallest absolute Gasteiger partial charge is 0.328 e. The van der Waals surface area contributed by atoms with Crippen molar-refractivity contribution in [3.8, 4) is 0 Å². The van der Waals surface area contributed by atoms with Crippen LogP contribution in [0.15, 0.2) is 0 Å². The fourth-order valence-corrected chi connectivity index (χ4v) is 6.16. The summed E-state index contributed by atoms with van der Waals surface area (Å²) in [5.74, 6) is 1.85. The Labute approximate surface area is 162 Å². The van der Waals surface area contributed by atoms with Crippen molar-refractivity contribution in [3.63, 3.8) is 0 Å². The van der Waals surface area contributed by atoms with E-state index < -0.39 is 12.0 Å². The number of esters is 1. The molecule has 2 N–H and O–H groups in total. The Balaban J connectivity index is 1.46. The maximum atomic E-state index is 12.5. The molecule has 0 spiro atoms. The van der Waals surface area contributed by atoms with Crippen LogP contribution < -0.4 is 10.6 Å². The summed E-state index contributed by atoms with van der Waals surface area (Å²) < 4.78 is 4.76. The first-order chi connectivity index (χ1) is 12.8. The molecule has 0 aromatic rings. The average Bonchev–Trinajstić information content (AvgIpc) is 2.56. The highest BCUT2D eigenvalue weighted by Gasteiger charge is 2.51. The predicted molar refractivity (Wildman–Crippen MR) is 102 cm³/mol. The van der Waals surface area contributed by atoms with Crippen molar-refractivity contribution in [3.05, 3.63) is 0 Å². The van der Waals surface area contributed by atoms with Gasteiger partial charge in [-0.3, -0.25) is 9.59 Å². The van der Waals surface area contributed by atoms with Crippen molar-refractivity contribution in [1.82, 2.24) is 10.6 Å². The van der Waals surface area contributed by atoms with Gasteiger partial charge in [0.15, 0.2) is 0 Å². The second-order valence-electron chi connectivity index (χ2n) is 9.64. The highest BCUT2D eigenvalue weighted by Crippen LogP contribution is 2.61. The van der Waals surface area contributed by atoms with Crippen molar-refractivity contribution >= 4 is 17.8 Å². The van der Waals surface area contributed by atoms with Crippen LogP contribution in [0.3, 0.4) is 0 Å². The third-order valence-corrected chi connectivity index (χ3v) is 6.67. The van der Waals surface area contributed by atoms with Crippen LogP contribution in [0.2, 0.25) is 0 Å². The number of carbonyl (C=O) groups is 3. The van der Waals surface area contributed by atoms with Crippen LogP contribution in [0.4, 0.5) is 0 Å². The van der Waals surface area contributed by atoms with Gasteiger partial charge in [0.2, 0.25) is 11.8 Å². The zero-order valence-corrected chi connectivity index (χ0v) is 16.9. The summed E-state index contributed by atoms with van der Waals surface area (Å²) in [7, 11) is 1.31. The molecule has 0 aromatic heterocycles. The van der Waals surface area contributed by atoms with Crippen molar-refractivity contribution in [2.24, 2.45) is 29.1 Å². The van der Waals surface area contributed by atoms with Gasteiger partial charge >= 0.3 is 5.97 Å². The zero-order chi connectivity index (χ0) is 19.6. The van der Waals surface area contributed by atoms with Gasteiger partial charge in [0.05, 0.1) is 13.7 Å². The molecule has 0 radical (unpaired) electrons. The molecule has 1 unspecified atom stereocenters. The highest BCUT2D eigenvalue weighted by atomic mass is 16.5. The molecule has 0 aliphatic heterocycles. The molecule has 0 saturated heterocycles. The molecule has 4 rings (SSSR count). The Hall–Kier alpha value is -1.59. The monoisotopic (exact) mass is 378 g/mol. The van der Waals surface area contributed by atoms with Crippen molar-refractivity contribution in [2.45, 2.75) is 71.3 Å². The first-order valence-corrected chi connectivity index (χ1v) is 10.4. The Morgan fingerprint density at radius 2 is 1.56 bits per heavy atom. The Morgan fingerprint density at radius 1 is 1.00 bits per heavy atom. The summed E-state index contributed by atoms with van der Waals surface area (Å²) in [6.45, 7) is 3.88. The number of ether oxygens (including phenoxy) is 1. The predicted octanol–water partition coefficient (Wildman–Crippen LogP) is 2.41. The maximum Gasteiger partial charge on any atom is 0.328 e. The molecule has 4 fully saturated rings.